The molecule has 2 aromatic carbocycles. The fourth-order valence-electron chi connectivity index (χ4n) is 2.92. The van der Waals surface area contributed by atoms with Crippen LogP contribution in [0.4, 0.5) is 5.69 Å². The van der Waals surface area contributed by atoms with Crippen LogP contribution in [0.2, 0.25) is 0 Å². The Hall–Kier alpha value is -2.57. The zero-order chi connectivity index (χ0) is 18.2. The molecule has 0 radical (unpaired) electrons. The molecule has 1 aliphatic heterocycles. The molecule has 2 aromatic rings. The van der Waals surface area contributed by atoms with Crippen molar-refractivity contribution in [2.24, 2.45) is 10.7 Å². The summed E-state index contributed by atoms with van der Waals surface area (Å²) < 4.78 is 10.6. The van der Waals surface area contributed by atoms with E-state index in [9.17, 15) is 0 Å². The molecule has 1 heterocycles. The average Bonchev–Trinajstić information content (AvgIpc) is 2.68. The van der Waals surface area contributed by atoms with Crippen LogP contribution in [0.25, 0.3) is 0 Å². The third-order valence-corrected chi connectivity index (χ3v) is 4.38. The van der Waals surface area contributed by atoms with Gasteiger partial charge in [-0.1, -0.05) is 30.3 Å². The molecule has 0 aliphatic carbocycles. The maximum absolute atomic E-state index is 6.05. The molecular weight excluding hydrogens is 328 g/mol. The van der Waals surface area contributed by atoms with Crippen molar-refractivity contribution in [2.45, 2.75) is 13.1 Å². The van der Waals surface area contributed by atoms with Crippen molar-refractivity contribution in [3.05, 3.63) is 59.7 Å². The van der Waals surface area contributed by atoms with Crippen molar-refractivity contribution in [1.82, 2.24) is 4.90 Å². The van der Waals surface area contributed by atoms with Gasteiger partial charge in [0.05, 0.1) is 26.9 Å². The molecule has 0 aromatic heterocycles. The van der Waals surface area contributed by atoms with Crippen LogP contribution in [0.1, 0.15) is 11.1 Å². The summed E-state index contributed by atoms with van der Waals surface area (Å²) in [5.74, 6) is 1.16. The minimum absolute atomic E-state index is 0.388. The predicted octanol–water partition coefficient (Wildman–Crippen LogP) is 2.45. The first-order chi connectivity index (χ1) is 12.7. The van der Waals surface area contributed by atoms with Gasteiger partial charge in [-0.2, -0.15) is 0 Å². The van der Waals surface area contributed by atoms with E-state index in [0.717, 1.165) is 44.3 Å². The number of benzene rings is 2. The number of aliphatic imine (C=N–C) groups is 1. The first-order valence-corrected chi connectivity index (χ1v) is 8.82. The van der Waals surface area contributed by atoms with E-state index in [4.69, 9.17) is 15.2 Å². The molecule has 1 saturated heterocycles. The van der Waals surface area contributed by atoms with Crippen LogP contribution in [0.3, 0.4) is 0 Å². The van der Waals surface area contributed by atoms with Gasteiger partial charge in [-0.05, 0) is 23.3 Å². The summed E-state index contributed by atoms with van der Waals surface area (Å²) in [5.41, 5.74) is 9.38. The summed E-state index contributed by atoms with van der Waals surface area (Å²) >= 11 is 0. The molecule has 1 fully saturated rings. The van der Waals surface area contributed by atoms with Gasteiger partial charge in [-0.3, -0.25) is 4.90 Å². The van der Waals surface area contributed by atoms with Crippen LogP contribution in [0, 0.1) is 0 Å². The Morgan fingerprint density at radius 3 is 2.69 bits per heavy atom. The normalized spacial score (nSPS) is 15.7. The van der Waals surface area contributed by atoms with E-state index in [1.54, 1.807) is 7.11 Å². The number of nitrogens with one attached hydrogen (secondary N) is 1. The standard InChI is InChI=1S/C20H26N4O2/c1-25-19-8-4-7-18(13-19)23-20(21)22-14-16-5-2-3-6-17(16)15-24-9-11-26-12-10-24/h2-8,13H,9-12,14-15H2,1H3,(H3,21,22,23). The molecule has 6 nitrogen and oxygen atoms in total. The average molecular weight is 354 g/mol. The second kappa shape index (κ2) is 9.22. The fraction of sp³-hybridized carbons (Fsp3) is 0.350. The lowest BCUT2D eigenvalue weighted by Crippen LogP contribution is -2.35. The number of methoxy groups -OCH3 is 1. The van der Waals surface area contributed by atoms with E-state index >= 15 is 0 Å². The molecule has 3 N–H and O–H groups in total. The molecular formula is C20H26N4O2. The number of nitrogens with two attached hydrogens (primary N) is 1. The SMILES string of the molecule is COc1cccc(NC(N)=NCc2ccccc2CN2CCOCC2)c1. The van der Waals surface area contributed by atoms with Gasteiger partial charge in [0.2, 0.25) is 0 Å². The van der Waals surface area contributed by atoms with Crippen molar-refractivity contribution in [3.8, 4) is 5.75 Å². The molecule has 6 heteroatoms. The Kier molecular flexibility index (Phi) is 6.46. The number of ether oxygens (including phenoxy) is 2. The Labute approximate surface area is 154 Å². The first kappa shape index (κ1) is 18.2. The molecule has 0 spiro atoms. The van der Waals surface area contributed by atoms with Gasteiger partial charge in [0.15, 0.2) is 5.96 Å². The second-order valence-corrected chi connectivity index (χ2v) is 6.22. The first-order valence-electron chi connectivity index (χ1n) is 8.82. The summed E-state index contributed by atoms with van der Waals surface area (Å²) in [6, 6.07) is 16.0. The summed E-state index contributed by atoms with van der Waals surface area (Å²) in [7, 11) is 1.64. The van der Waals surface area contributed by atoms with Crippen LogP contribution in [0.15, 0.2) is 53.5 Å². The molecule has 1 aliphatic rings. The Bertz CT molecular complexity index is 742. The minimum atomic E-state index is 0.388. The smallest absolute Gasteiger partial charge is 0.193 e. The summed E-state index contributed by atoms with van der Waals surface area (Å²) in [5, 5.41) is 3.11. The topological polar surface area (TPSA) is 72.1 Å². The van der Waals surface area contributed by atoms with E-state index in [2.05, 4.69) is 33.4 Å². The van der Waals surface area contributed by atoms with Crippen molar-refractivity contribution in [3.63, 3.8) is 0 Å². The van der Waals surface area contributed by atoms with Crippen LogP contribution in [-0.4, -0.2) is 44.3 Å². The minimum Gasteiger partial charge on any atom is -0.497 e. The van der Waals surface area contributed by atoms with Gasteiger partial charge in [-0.15, -0.1) is 0 Å². The van der Waals surface area contributed by atoms with Crippen LogP contribution in [-0.2, 0) is 17.8 Å². The number of guanidine groups is 1. The fourth-order valence-corrected chi connectivity index (χ4v) is 2.92. The van der Waals surface area contributed by atoms with Crippen molar-refractivity contribution < 1.29 is 9.47 Å². The van der Waals surface area contributed by atoms with E-state index in [1.165, 1.54) is 11.1 Å². The number of nitrogens with zero attached hydrogens (tertiary/aromatic N) is 2. The van der Waals surface area contributed by atoms with E-state index in [1.807, 2.05) is 30.3 Å². The molecule has 0 atom stereocenters. The van der Waals surface area contributed by atoms with Gasteiger partial charge >= 0.3 is 0 Å². The maximum atomic E-state index is 6.05. The molecule has 138 valence electrons. The maximum Gasteiger partial charge on any atom is 0.193 e. The zero-order valence-electron chi connectivity index (χ0n) is 15.1. The van der Waals surface area contributed by atoms with E-state index < -0.39 is 0 Å². The largest absolute Gasteiger partial charge is 0.497 e. The molecule has 0 unspecified atom stereocenters. The van der Waals surface area contributed by atoms with E-state index in [-0.39, 0.29) is 0 Å². The lowest BCUT2D eigenvalue weighted by Gasteiger charge is -2.27. The van der Waals surface area contributed by atoms with Gasteiger partial charge < -0.3 is 20.5 Å². The highest BCUT2D eigenvalue weighted by molar-refractivity contribution is 5.92. The highest BCUT2D eigenvalue weighted by atomic mass is 16.5. The van der Waals surface area contributed by atoms with Gasteiger partial charge in [0.1, 0.15) is 5.75 Å². The second-order valence-electron chi connectivity index (χ2n) is 6.22. The van der Waals surface area contributed by atoms with E-state index in [0.29, 0.717) is 12.5 Å². The Balaban J connectivity index is 1.63. The Morgan fingerprint density at radius 2 is 1.92 bits per heavy atom. The monoisotopic (exact) mass is 354 g/mol. The van der Waals surface area contributed by atoms with Gasteiger partial charge in [-0.25, -0.2) is 4.99 Å². The van der Waals surface area contributed by atoms with Crippen LogP contribution < -0.4 is 15.8 Å². The molecule has 0 amide bonds. The number of morpholine rings is 1. The third kappa shape index (κ3) is 5.21. The lowest BCUT2D eigenvalue weighted by molar-refractivity contribution is 0.0341. The summed E-state index contributed by atoms with van der Waals surface area (Å²) in [4.78, 5) is 6.90. The highest BCUT2D eigenvalue weighted by Gasteiger charge is 2.12. The predicted molar refractivity (Wildman–Crippen MR) is 104 cm³/mol. The quantitative estimate of drug-likeness (QED) is 0.616. The number of hydrogen-bond donors (Lipinski definition) is 2. The Morgan fingerprint density at radius 1 is 1.15 bits per heavy atom. The highest BCUT2D eigenvalue weighted by Crippen LogP contribution is 2.17. The lowest BCUT2D eigenvalue weighted by atomic mass is 10.1. The van der Waals surface area contributed by atoms with Gasteiger partial charge in [0.25, 0.3) is 0 Å². The summed E-state index contributed by atoms with van der Waals surface area (Å²) in [6.07, 6.45) is 0. The number of hydrogen-bond acceptors (Lipinski definition) is 4. The number of rotatable bonds is 6. The third-order valence-electron chi connectivity index (χ3n) is 4.38. The summed E-state index contributed by atoms with van der Waals surface area (Å²) in [6.45, 7) is 5.01. The van der Waals surface area contributed by atoms with Gasteiger partial charge in [0, 0.05) is 31.4 Å². The molecule has 26 heavy (non-hydrogen) atoms. The van der Waals surface area contributed by atoms with Crippen molar-refractivity contribution in [1.29, 1.82) is 0 Å². The van der Waals surface area contributed by atoms with Crippen LogP contribution >= 0.6 is 0 Å². The number of anilines is 1. The molecule has 0 bridgehead atoms. The van der Waals surface area contributed by atoms with Crippen molar-refractivity contribution in [2.75, 3.05) is 38.7 Å². The zero-order valence-corrected chi connectivity index (χ0v) is 15.1. The van der Waals surface area contributed by atoms with Crippen LogP contribution in [0.5, 0.6) is 5.75 Å². The van der Waals surface area contributed by atoms with Crippen molar-refractivity contribution >= 4 is 11.6 Å². The molecule has 3 rings (SSSR count). The molecule has 0 saturated carbocycles.